The quantitative estimate of drug-likeness (QED) is 0.591. The SMILES string of the molecule is CC(F)(OC(F)(F)F)C(F)(F)F. The van der Waals surface area contributed by atoms with E-state index in [9.17, 15) is 30.7 Å². The van der Waals surface area contributed by atoms with E-state index in [4.69, 9.17) is 0 Å². The van der Waals surface area contributed by atoms with Crippen LogP contribution in [0, 0.1) is 0 Å². The summed E-state index contributed by atoms with van der Waals surface area (Å²) in [6, 6.07) is 0. The molecule has 0 spiro atoms. The van der Waals surface area contributed by atoms with Gasteiger partial charge in [0.2, 0.25) is 0 Å². The summed E-state index contributed by atoms with van der Waals surface area (Å²) in [7, 11) is 0. The van der Waals surface area contributed by atoms with Gasteiger partial charge in [0.1, 0.15) is 0 Å². The molecule has 1 nitrogen and oxygen atoms in total. The lowest BCUT2D eigenvalue weighted by molar-refractivity contribution is -0.442. The number of halogens is 7. The van der Waals surface area contributed by atoms with Gasteiger partial charge in [0.15, 0.2) is 0 Å². The lowest BCUT2D eigenvalue weighted by Gasteiger charge is -2.24. The van der Waals surface area contributed by atoms with Gasteiger partial charge in [-0.2, -0.15) is 13.2 Å². The summed E-state index contributed by atoms with van der Waals surface area (Å²) in [6.45, 7) is -0.361. The van der Waals surface area contributed by atoms with Crippen molar-refractivity contribution >= 4 is 0 Å². The second-order valence-corrected chi connectivity index (χ2v) is 1.96. The molecule has 0 fully saturated rings. The molecular weight excluding hydrogens is 197 g/mol. The third-order valence-corrected chi connectivity index (χ3v) is 0.814. The van der Waals surface area contributed by atoms with E-state index in [0.29, 0.717) is 0 Å². The van der Waals surface area contributed by atoms with Crippen LogP contribution in [0.25, 0.3) is 0 Å². The van der Waals surface area contributed by atoms with Crippen molar-refractivity contribution in [3.63, 3.8) is 0 Å². The third-order valence-electron chi connectivity index (χ3n) is 0.814. The minimum atomic E-state index is -5.71. The highest BCUT2D eigenvalue weighted by molar-refractivity contribution is 4.71. The van der Waals surface area contributed by atoms with Gasteiger partial charge in [-0.15, -0.1) is 13.2 Å². The smallest absolute Gasteiger partial charge is 0.245 e. The van der Waals surface area contributed by atoms with E-state index < -0.39 is 18.4 Å². The molecule has 0 bridgehead atoms. The third kappa shape index (κ3) is 3.24. The van der Waals surface area contributed by atoms with Gasteiger partial charge in [-0.3, -0.25) is 0 Å². The van der Waals surface area contributed by atoms with E-state index in [1.165, 1.54) is 0 Å². The summed E-state index contributed by atoms with van der Waals surface area (Å²) in [5.41, 5.74) is 0. The van der Waals surface area contributed by atoms with Crippen molar-refractivity contribution in [2.24, 2.45) is 0 Å². The second kappa shape index (κ2) is 2.75. The molecule has 8 heteroatoms. The number of alkyl halides is 7. The maximum atomic E-state index is 12.0. The summed E-state index contributed by atoms with van der Waals surface area (Å²) in [5, 5.41) is 0. The fourth-order valence-corrected chi connectivity index (χ4v) is 0.275. The van der Waals surface area contributed by atoms with Crippen molar-refractivity contribution < 1.29 is 35.5 Å². The van der Waals surface area contributed by atoms with Gasteiger partial charge in [-0.05, 0) is 0 Å². The van der Waals surface area contributed by atoms with Gasteiger partial charge >= 0.3 is 18.4 Å². The molecular formula is C4H3F7O. The molecule has 0 radical (unpaired) electrons. The molecule has 1 atom stereocenters. The predicted octanol–water partition coefficient (Wildman–Crippen LogP) is 2.77. The Labute approximate surface area is 62.1 Å². The van der Waals surface area contributed by atoms with Gasteiger partial charge in [0, 0.05) is 6.92 Å². The summed E-state index contributed by atoms with van der Waals surface area (Å²) >= 11 is 0. The van der Waals surface area contributed by atoms with E-state index in [1.807, 2.05) is 0 Å². The molecule has 0 N–H and O–H groups in total. The molecule has 0 saturated carbocycles. The Hall–Kier alpha value is -0.530. The Balaban J connectivity index is 4.44. The minimum absolute atomic E-state index is 0.361. The van der Waals surface area contributed by atoms with Gasteiger partial charge in [0.25, 0.3) is 0 Å². The van der Waals surface area contributed by atoms with Crippen LogP contribution in [0.2, 0.25) is 0 Å². The van der Waals surface area contributed by atoms with Crippen LogP contribution >= 0.6 is 0 Å². The normalized spacial score (nSPS) is 19.0. The molecule has 0 amide bonds. The van der Waals surface area contributed by atoms with Crippen LogP contribution in [0.1, 0.15) is 6.92 Å². The maximum Gasteiger partial charge on any atom is 0.525 e. The van der Waals surface area contributed by atoms with Gasteiger partial charge in [0.05, 0.1) is 0 Å². The highest BCUT2D eigenvalue weighted by Gasteiger charge is 2.59. The molecule has 12 heavy (non-hydrogen) atoms. The number of rotatable bonds is 1. The average Bonchev–Trinajstić information content (AvgIpc) is 1.52. The van der Waals surface area contributed by atoms with Crippen molar-refractivity contribution in [1.29, 1.82) is 0 Å². The fourth-order valence-electron chi connectivity index (χ4n) is 0.275. The van der Waals surface area contributed by atoms with E-state index in [2.05, 4.69) is 4.74 Å². The van der Waals surface area contributed by atoms with Crippen LogP contribution in [0.3, 0.4) is 0 Å². The molecule has 74 valence electrons. The predicted molar refractivity (Wildman–Crippen MR) is 22.7 cm³/mol. The monoisotopic (exact) mass is 200 g/mol. The van der Waals surface area contributed by atoms with Crippen molar-refractivity contribution in [3.8, 4) is 0 Å². The number of hydrogen-bond acceptors (Lipinski definition) is 1. The van der Waals surface area contributed by atoms with E-state index in [1.54, 1.807) is 0 Å². The topological polar surface area (TPSA) is 9.23 Å². The molecule has 0 rings (SSSR count). The Bertz CT molecular complexity index is 154. The summed E-state index contributed by atoms with van der Waals surface area (Å²) < 4.78 is 81.7. The van der Waals surface area contributed by atoms with Crippen molar-refractivity contribution in [2.75, 3.05) is 0 Å². The first-order valence-corrected chi connectivity index (χ1v) is 2.48. The highest BCUT2D eigenvalue weighted by atomic mass is 19.4. The summed E-state index contributed by atoms with van der Waals surface area (Å²) in [6.07, 6.45) is -11.4. The molecule has 0 aliphatic heterocycles. The van der Waals surface area contributed by atoms with E-state index >= 15 is 0 Å². The molecule has 0 aromatic carbocycles. The number of hydrogen-bond donors (Lipinski definition) is 0. The molecule has 0 aromatic rings. The van der Waals surface area contributed by atoms with E-state index in [0.717, 1.165) is 0 Å². The van der Waals surface area contributed by atoms with Crippen LogP contribution in [0.15, 0.2) is 0 Å². The van der Waals surface area contributed by atoms with Crippen molar-refractivity contribution in [3.05, 3.63) is 0 Å². The summed E-state index contributed by atoms with van der Waals surface area (Å²) in [5.74, 6) is -4.70. The zero-order chi connectivity index (χ0) is 10.2. The zero-order valence-electron chi connectivity index (χ0n) is 5.55. The standard InChI is InChI=1S/C4H3F7O/c1-2(5,3(6,7)8)12-4(9,10)11/h1H3. The van der Waals surface area contributed by atoms with Crippen LogP contribution in [0.5, 0.6) is 0 Å². The largest absolute Gasteiger partial charge is 0.525 e. The first-order chi connectivity index (χ1) is 4.96. The molecule has 0 aromatic heterocycles. The van der Waals surface area contributed by atoms with E-state index in [-0.39, 0.29) is 6.92 Å². The first-order valence-electron chi connectivity index (χ1n) is 2.48. The Morgan fingerprint density at radius 1 is 0.833 bits per heavy atom. The highest BCUT2D eigenvalue weighted by Crippen LogP contribution is 2.38. The van der Waals surface area contributed by atoms with Crippen molar-refractivity contribution in [1.82, 2.24) is 0 Å². The minimum Gasteiger partial charge on any atom is -0.245 e. The second-order valence-electron chi connectivity index (χ2n) is 1.96. The summed E-state index contributed by atoms with van der Waals surface area (Å²) in [4.78, 5) is 0. The molecule has 0 saturated heterocycles. The fraction of sp³-hybridized carbons (Fsp3) is 1.00. The lowest BCUT2D eigenvalue weighted by atomic mass is 10.3. The van der Waals surface area contributed by atoms with Gasteiger partial charge < -0.3 is 0 Å². The first kappa shape index (κ1) is 11.5. The van der Waals surface area contributed by atoms with Crippen LogP contribution in [-0.4, -0.2) is 18.4 Å². The van der Waals surface area contributed by atoms with Crippen LogP contribution in [-0.2, 0) is 4.74 Å². The average molecular weight is 200 g/mol. The Kier molecular flexibility index (Phi) is 2.63. The Morgan fingerprint density at radius 2 is 1.17 bits per heavy atom. The molecule has 0 heterocycles. The van der Waals surface area contributed by atoms with Crippen LogP contribution in [0.4, 0.5) is 30.7 Å². The number of ether oxygens (including phenoxy) is 1. The molecule has 0 aliphatic rings. The zero-order valence-corrected chi connectivity index (χ0v) is 5.55. The Morgan fingerprint density at radius 3 is 1.25 bits per heavy atom. The molecule has 0 aliphatic carbocycles. The molecule has 1 unspecified atom stereocenters. The van der Waals surface area contributed by atoms with Gasteiger partial charge in [-0.1, -0.05) is 0 Å². The van der Waals surface area contributed by atoms with Crippen LogP contribution < -0.4 is 0 Å². The van der Waals surface area contributed by atoms with Crippen molar-refractivity contribution in [2.45, 2.75) is 25.3 Å². The lowest BCUT2D eigenvalue weighted by Crippen LogP contribution is -2.44. The maximum absolute atomic E-state index is 12.0. The van der Waals surface area contributed by atoms with Gasteiger partial charge in [-0.25, -0.2) is 9.13 Å².